The molecule has 0 aliphatic rings. The van der Waals surface area contributed by atoms with Crippen LogP contribution in [0.2, 0.25) is 0 Å². The Morgan fingerprint density at radius 2 is 1.96 bits per heavy atom. The van der Waals surface area contributed by atoms with E-state index in [1.807, 2.05) is 0 Å². The third-order valence-electron chi connectivity index (χ3n) is 3.07. The normalized spacial score (nSPS) is 12.6. The molecule has 2 aromatic rings. The summed E-state index contributed by atoms with van der Waals surface area (Å²) in [4.78, 5) is 20.9. The molecule has 7 nitrogen and oxygen atoms in total. The number of nitriles is 1. The number of aliphatic imine (C=N–C) groups is 1. The SMILES string of the molecule is N#CNC(=NC(N(I)C(=O)c1ccccc1)C(Cl)(Cl)Cl)Nc1cccnc1. The summed E-state index contributed by atoms with van der Waals surface area (Å²) in [5.41, 5.74) is 0.952. The largest absolute Gasteiger partial charge is 0.324 e. The number of halogens is 4. The number of aromatic nitrogens is 1. The maximum Gasteiger partial charge on any atom is 0.264 e. The molecule has 27 heavy (non-hydrogen) atoms. The minimum Gasteiger partial charge on any atom is -0.324 e. The van der Waals surface area contributed by atoms with Crippen LogP contribution >= 0.6 is 57.7 Å². The summed E-state index contributed by atoms with van der Waals surface area (Å²) < 4.78 is -0.797. The van der Waals surface area contributed by atoms with Crippen molar-refractivity contribution >= 4 is 75.2 Å². The van der Waals surface area contributed by atoms with Gasteiger partial charge in [0.25, 0.3) is 5.91 Å². The van der Waals surface area contributed by atoms with E-state index in [-0.39, 0.29) is 5.96 Å². The Kier molecular flexibility index (Phi) is 7.91. The van der Waals surface area contributed by atoms with Crippen molar-refractivity contribution in [1.29, 1.82) is 5.26 Å². The summed E-state index contributed by atoms with van der Waals surface area (Å²) in [5.74, 6) is -0.418. The lowest BCUT2D eigenvalue weighted by atomic mass is 10.2. The molecule has 1 unspecified atom stereocenters. The van der Waals surface area contributed by atoms with Gasteiger partial charge in [0.05, 0.1) is 34.7 Å². The molecule has 11 heteroatoms. The molecule has 0 aliphatic heterocycles. The number of guanidine groups is 1. The van der Waals surface area contributed by atoms with E-state index in [1.54, 1.807) is 77.7 Å². The number of rotatable bonds is 4. The molecule has 0 spiro atoms. The number of hydrogen-bond donors (Lipinski definition) is 2. The van der Waals surface area contributed by atoms with Gasteiger partial charge in [-0.3, -0.25) is 18.2 Å². The molecule has 1 heterocycles. The second kappa shape index (κ2) is 9.94. The second-order valence-electron chi connectivity index (χ2n) is 4.98. The summed E-state index contributed by atoms with van der Waals surface area (Å²) in [6, 6.07) is 11.9. The first-order valence-corrected chi connectivity index (χ1v) is 9.44. The summed E-state index contributed by atoms with van der Waals surface area (Å²) >= 11 is 19.9. The number of hydrogen-bond acceptors (Lipinski definition) is 4. The number of carbonyl (C=O) groups excluding carboxylic acids is 1. The molecular formula is C16H12Cl3IN6O. The van der Waals surface area contributed by atoms with Crippen molar-refractivity contribution in [3.8, 4) is 6.19 Å². The predicted octanol–water partition coefficient (Wildman–Crippen LogP) is 4.11. The monoisotopic (exact) mass is 536 g/mol. The number of pyridine rings is 1. The number of alkyl halides is 3. The van der Waals surface area contributed by atoms with Crippen molar-refractivity contribution in [3.63, 3.8) is 0 Å². The van der Waals surface area contributed by atoms with Gasteiger partial charge in [0.2, 0.25) is 9.75 Å². The maximum absolute atomic E-state index is 12.7. The maximum atomic E-state index is 12.7. The Morgan fingerprint density at radius 3 is 2.52 bits per heavy atom. The molecular weight excluding hydrogens is 525 g/mol. The van der Waals surface area contributed by atoms with Crippen LogP contribution < -0.4 is 10.6 Å². The number of amides is 1. The lowest BCUT2D eigenvalue weighted by Gasteiger charge is -2.28. The zero-order valence-electron chi connectivity index (χ0n) is 13.5. The molecule has 140 valence electrons. The van der Waals surface area contributed by atoms with Crippen molar-refractivity contribution in [1.82, 2.24) is 13.4 Å². The molecule has 2 N–H and O–H groups in total. The standard InChI is InChI=1S/C16H12Cl3IN6O/c17-16(18,19)14(26(20)13(27)11-5-2-1-3-6-11)25-15(23-10-21)24-12-7-4-8-22-9-12/h1-9,14H,(H2,23,24,25). The minimum absolute atomic E-state index is 0.00986. The Balaban J connectivity index is 2.34. The molecule has 1 aromatic heterocycles. The fourth-order valence-electron chi connectivity index (χ4n) is 1.91. The van der Waals surface area contributed by atoms with Crippen LogP contribution in [-0.2, 0) is 0 Å². The van der Waals surface area contributed by atoms with E-state index >= 15 is 0 Å². The first-order chi connectivity index (χ1) is 12.8. The van der Waals surface area contributed by atoms with Crippen LogP contribution in [0.15, 0.2) is 59.9 Å². The zero-order chi connectivity index (χ0) is 19.9. The lowest BCUT2D eigenvalue weighted by molar-refractivity contribution is 0.0859. The highest BCUT2D eigenvalue weighted by Gasteiger charge is 2.39. The van der Waals surface area contributed by atoms with Crippen LogP contribution in [0, 0.1) is 11.5 Å². The van der Waals surface area contributed by atoms with E-state index < -0.39 is 15.9 Å². The van der Waals surface area contributed by atoms with Gasteiger partial charge in [-0.2, -0.15) is 5.26 Å². The third-order valence-corrected chi connectivity index (χ3v) is 4.62. The van der Waals surface area contributed by atoms with Crippen LogP contribution in [0.1, 0.15) is 10.4 Å². The Labute approximate surface area is 184 Å². The van der Waals surface area contributed by atoms with Crippen molar-refractivity contribution in [3.05, 3.63) is 60.4 Å². The predicted molar refractivity (Wildman–Crippen MR) is 115 cm³/mol. The van der Waals surface area contributed by atoms with Gasteiger partial charge in [-0.05, 0) is 24.3 Å². The Morgan fingerprint density at radius 1 is 1.26 bits per heavy atom. The summed E-state index contributed by atoms with van der Waals surface area (Å²) in [7, 11) is 0. The first-order valence-electron chi connectivity index (χ1n) is 7.34. The molecule has 1 aromatic carbocycles. The Bertz CT molecular complexity index is 839. The van der Waals surface area contributed by atoms with Crippen LogP contribution in [-0.4, -0.2) is 29.9 Å². The van der Waals surface area contributed by atoms with Gasteiger partial charge < -0.3 is 5.32 Å². The molecule has 1 amide bonds. The van der Waals surface area contributed by atoms with Gasteiger partial charge in [0, 0.05) is 11.8 Å². The number of carbonyl (C=O) groups is 1. The van der Waals surface area contributed by atoms with E-state index in [9.17, 15) is 4.79 Å². The average Bonchev–Trinajstić information content (AvgIpc) is 2.65. The fourth-order valence-corrected chi connectivity index (χ4v) is 3.67. The quantitative estimate of drug-likeness (QED) is 0.117. The number of nitrogens with one attached hydrogen (secondary N) is 2. The van der Waals surface area contributed by atoms with Gasteiger partial charge >= 0.3 is 0 Å². The molecule has 1 atom stereocenters. The first kappa shape index (κ1) is 21.5. The number of benzene rings is 1. The van der Waals surface area contributed by atoms with Gasteiger partial charge in [-0.25, -0.2) is 4.99 Å². The summed E-state index contributed by atoms with van der Waals surface area (Å²) in [6.07, 6.45) is 3.64. The van der Waals surface area contributed by atoms with Crippen LogP contribution in [0.4, 0.5) is 5.69 Å². The van der Waals surface area contributed by atoms with E-state index in [4.69, 9.17) is 40.1 Å². The second-order valence-corrected chi connectivity index (χ2v) is 8.39. The topological polar surface area (TPSA) is 93.4 Å². The van der Waals surface area contributed by atoms with E-state index in [2.05, 4.69) is 20.6 Å². The average molecular weight is 538 g/mol. The molecule has 0 bridgehead atoms. The van der Waals surface area contributed by atoms with Crippen LogP contribution in [0.5, 0.6) is 0 Å². The summed E-state index contributed by atoms with van der Waals surface area (Å²) in [5, 5.41) is 14.2. The van der Waals surface area contributed by atoms with E-state index in [0.717, 1.165) is 3.11 Å². The number of nitrogens with zero attached hydrogens (tertiary/aromatic N) is 4. The molecule has 2 rings (SSSR count). The van der Waals surface area contributed by atoms with Crippen molar-refractivity contribution in [2.45, 2.75) is 9.96 Å². The zero-order valence-corrected chi connectivity index (χ0v) is 17.9. The molecule has 0 saturated carbocycles. The van der Waals surface area contributed by atoms with Crippen molar-refractivity contribution < 1.29 is 4.79 Å². The van der Waals surface area contributed by atoms with Crippen molar-refractivity contribution in [2.75, 3.05) is 5.32 Å². The van der Waals surface area contributed by atoms with Gasteiger partial charge in [0.1, 0.15) is 0 Å². The lowest BCUT2D eigenvalue weighted by Crippen LogP contribution is -2.43. The Hall–Kier alpha value is -1.80. The number of anilines is 1. The smallest absolute Gasteiger partial charge is 0.264 e. The van der Waals surface area contributed by atoms with E-state index in [0.29, 0.717) is 11.3 Å². The van der Waals surface area contributed by atoms with Gasteiger partial charge in [-0.1, -0.05) is 53.0 Å². The van der Waals surface area contributed by atoms with Crippen LogP contribution in [0.3, 0.4) is 0 Å². The molecule has 0 saturated heterocycles. The highest BCUT2D eigenvalue weighted by molar-refractivity contribution is 14.1. The van der Waals surface area contributed by atoms with Gasteiger partial charge in [-0.15, -0.1) is 0 Å². The van der Waals surface area contributed by atoms with E-state index in [1.165, 1.54) is 6.20 Å². The van der Waals surface area contributed by atoms with Crippen LogP contribution in [0.25, 0.3) is 0 Å². The highest BCUT2D eigenvalue weighted by atomic mass is 127. The highest BCUT2D eigenvalue weighted by Crippen LogP contribution is 2.36. The molecule has 0 aliphatic carbocycles. The molecule has 0 radical (unpaired) electrons. The van der Waals surface area contributed by atoms with Crippen molar-refractivity contribution in [2.24, 2.45) is 4.99 Å². The minimum atomic E-state index is -1.95. The third kappa shape index (κ3) is 6.39. The summed E-state index contributed by atoms with van der Waals surface area (Å²) in [6.45, 7) is 0. The fraction of sp³-hybridized carbons (Fsp3) is 0.125. The van der Waals surface area contributed by atoms with Gasteiger partial charge in [0.15, 0.2) is 12.4 Å². The molecule has 0 fully saturated rings.